The first kappa shape index (κ1) is 27.5. The average Bonchev–Trinajstić information content (AvgIpc) is 3.34. The number of ether oxygens (including phenoxy) is 2. The van der Waals surface area contributed by atoms with Crippen LogP contribution in [-0.4, -0.2) is 69.1 Å². The molecule has 8 rings (SSSR count). The smallest absolute Gasteiger partial charge is 0.260 e. The molecule has 10 heteroatoms. The minimum atomic E-state index is -1.43. The molecule has 4 bridgehead atoms. The summed E-state index contributed by atoms with van der Waals surface area (Å²) in [6.07, 6.45) is 1.17. The lowest BCUT2D eigenvalue weighted by molar-refractivity contribution is -0.645. The number of methoxy groups -OCH3 is 1. The average molecular weight is 576 g/mol. The van der Waals surface area contributed by atoms with Crippen molar-refractivity contribution in [1.29, 1.82) is 0 Å². The van der Waals surface area contributed by atoms with Crippen molar-refractivity contribution in [3.63, 3.8) is 0 Å². The van der Waals surface area contributed by atoms with Gasteiger partial charge in [-0.05, 0) is 74.3 Å². The second kappa shape index (κ2) is 9.31. The summed E-state index contributed by atoms with van der Waals surface area (Å²) in [5.41, 5.74) is 0.706. The Morgan fingerprint density at radius 3 is 2.17 bits per heavy atom. The summed E-state index contributed by atoms with van der Waals surface area (Å²) in [5, 5.41) is 42.5. The van der Waals surface area contributed by atoms with E-state index >= 15 is 0 Å². The van der Waals surface area contributed by atoms with Gasteiger partial charge in [0.1, 0.15) is 29.6 Å². The highest BCUT2D eigenvalue weighted by atomic mass is 32.1. The van der Waals surface area contributed by atoms with Crippen LogP contribution in [0, 0.1) is 29.6 Å². The number of benzene rings is 1. The lowest BCUT2D eigenvalue weighted by Gasteiger charge is -2.68. The standard InChI is InChI=1S/C30H41NO8S/c1-28(2,3)27-31-23-20(37-21-10-16(13-32)24(33)26(35)25(21)34)11-19(12-22(23)40-27)30(36-4)29(38-39-30)17-6-14-5-15(8-17)9-18(29)7-14/h11-12,14-18,21,24-26,32-35H,5-10,13H2,1-4H3. The largest absolute Gasteiger partial charge is 0.485 e. The topological polar surface area (TPSA) is 131 Å². The van der Waals surface area contributed by atoms with Gasteiger partial charge in [-0.3, -0.25) is 0 Å². The zero-order valence-corrected chi connectivity index (χ0v) is 24.4. The minimum absolute atomic E-state index is 0.184. The lowest BCUT2D eigenvalue weighted by Crippen LogP contribution is -2.76. The molecule has 1 saturated heterocycles. The molecular formula is C30H41NO8S. The van der Waals surface area contributed by atoms with Gasteiger partial charge in [-0.1, -0.05) is 20.8 Å². The van der Waals surface area contributed by atoms with Crippen LogP contribution in [0.4, 0.5) is 0 Å². The van der Waals surface area contributed by atoms with Gasteiger partial charge in [0.2, 0.25) is 0 Å². The molecular weight excluding hydrogens is 534 g/mol. The van der Waals surface area contributed by atoms with Gasteiger partial charge < -0.3 is 29.9 Å². The van der Waals surface area contributed by atoms with E-state index in [1.165, 1.54) is 6.42 Å². The molecule has 6 atom stereocenters. The summed E-state index contributed by atoms with van der Waals surface area (Å²) in [6.45, 7) is 6.02. The quantitative estimate of drug-likeness (QED) is 0.396. The number of hydrogen-bond acceptors (Lipinski definition) is 10. The second-order valence-corrected chi connectivity index (χ2v) is 15.0. The number of hydrogen-bond donors (Lipinski definition) is 4. The van der Waals surface area contributed by atoms with Crippen molar-refractivity contribution in [2.24, 2.45) is 29.6 Å². The van der Waals surface area contributed by atoms with E-state index in [1.807, 2.05) is 6.07 Å². The van der Waals surface area contributed by atoms with E-state index in [4.69, 9.17) is 24.2 Å². The molecule has 1 aromatic heterocycles. The SMILES string of the molecule is COC1(c2cc(OC3CC(CO)C(O)C(O)C3O)c3nc(C(C)(C)C)sc3c2)OOC12C1CC3CC(C1)CC2C3. The number of aliphatic hydroxyl groups excluding tert-OH is 4. The summed E-state index contributed by atoms with van der Waals surface area (Å²) in [4.78, 5) is 17.2. The Balaban J connectivity index is 1.33. The molecule has 40 heavy (non-hydrogen) atoms. The van der Waals surface area contributed by atoms with Crippen molar-refractivity contribution >= 4 is 21.6 Å². The molecule has 2 heterocycles. The number of thiazole rings is 1. The molecule has 4 N–H and O–H groups in total. The summed E-state index contributed by atoms with van der Waals surface area (Å²) in [5.74, 6) is 0.943. The fourth-order valence-corrected chi connectivity index (χ4v) is 9.78. The van der Waals surface area contributed by atoms with Gasteiger partial charge in [0.05, 0.1) is 15.8 Å². The van der Waals surface area contributed by atoms with E-state index in [-0.39, 0.29) is 18.4 Å². The fraction of sp³-hybridized carbons (Fsp3) is 0.767. The summed E-state index contributed by atoms with van der Waals surface area (Å²) in [6, 6.07) is 3.98. The molecule has 0 radical (unpaired) electrons. The van der Waals surface area contributed by atoms with E-state index in [0.29, 0.717) is 23.1 Å². The van der Waals surface area contributed by atoms with E-state index in [0.717, 1.165) is 52.8 Å². The van der Waals surface area contributed by atoms with Gasteiger partial charge in [0, 0.05) is 30.6 Å². The van der Waals surface area contributed by atoms with Crippen LogP contribution in [-0.2, 0) is 25.7 Å². The number of fused-ring (bicyclic) bond motifs is 1. The monoisotopic (exact) mass is 575 g/mol. The molecule has 220 valence electrons. The van der Waals surface area contributed by atoms with Gasteiger partial charge in [0.25, 0.3) is 5.79 Å². The summed E-state index contributed by atoms with van der Waals surface area (Å²) >= 11 is 1.59. The first-order chi connectivity index (χ1) is 19.0. The molecule has 9 nitrogen and oxygen atoms in total. The highest BCUT2D eigenvalue weighted by Gasteiger charge is 2.76. The highest BCUT2D eigenvalue weighted by molar-refractivity contribution is 7.18. The molecule has 1 spiro atoms. The van der Waals surface area contributed by atoms with Gasteiger partial charge in [-0.2, -0.15) is 4.89 Å². The van der Waals surface area contributed by atoms with E-state index < -0.39 is 41.7 Å². The Hall–Kier alpha value is -1.37. The minimum Gasteiger partial charge on any atom is -0.485 e. The fourth-order valence-electron chi connectivity index (χ4n) is 8.70. The first-order valence-electron chi connectivity index (χ1n) is 14.7. The van der Waals surface area contributed by atoms with Crippen molar-refractivity contribution in [2.45, 2.75) is 101 Å². The van der Waals surface area contributed by atoms with Crippen LogP contribution in [0.2, 0.25) is 0 Å². The number of aromatic nitrogens is 1. The molecule has 1 aliphatic heterocycles. The van der Waals surface area contributed by atoms with Crippen LogP contribution in [0.15, 0.2) is 12.1 Å². The zero-order chi connectivity index (χ0) is 28.2. The van der Waals surface area contributed by atoms with Crippen LogP contribution in [0.5, 0.6) is 5.75 Å². The Morgan fingerprint density at radius 1 is 0.950 bits per heavy atom. The van der Waals surface area contributed by atoms with Crippen LogP contribution < -0.4 is 4.74 Å². The molecule has 5 saturated carbocycles. The van der Waals surface area contributed by atoms with Crippen molar-refractivity contribution in [1.82, 2.24) is 4.98 Å². The summed E-state index contributed by atoms with van der Waals surface area (Å²) < 4.78 is 13.7. The van der Waals surface area contributed by atoms with Gasteiger partial charge in [-0.15, -0.1) is 11.3 Å². The van der Waals surface area contributed by atoms with E-state index in [2.05, 4.69) is 26.8 Å². The number of nitrogens with zero attached hydrogens (tertiary/aromatic N) is 1. The highest BCUT2D eigenvalue weighted by Crippen LogP contribution is 2.69. The van der Waals surface area contributed by atoms with E-state index in [1.54, 1.807) is 18.4 Å². The van der Waals surface area contributed by atoms with Crippen LogP contribution in [0.25, 0.3) is 10.2 Å². The predicted molar refractivity (Wildman–Crippen MR) is 147 cm³/mol. The van der Waals surface area contributed by atoms with Gasteiger partial charge in [0.15, 0.2) is 5.60 Å². The van der Waals surface area contributed by atoms with Crippen molar-refractivity contribution < 1.29 is 39.7 Å². The van der Waals surface area contributed by atoms with Crippen LogP contribution in [0.3, 0.4) is 0 Å². The Morgan fingerprint density at radius 2 is 1.62 bits per heavy atom. The number of aliphatic hydroxyl groups is 4. The third-order valence-corrected chi connectivity index (χ3v) is 12.0. The predicted octanol–water partition coefficient (Wildman–Crippen LogP) is 3.39. The molecule has 1 aromatic carbocycles. The van der Waals surface area contributed by atoms with E-state index in [9.17, 15) is 20.4 Å². The number of rotatable bonds is 5. The Bertz CT molecular complexity index is 1260. The van der Waals surface area contributed by atoms with Crippen molar-refractivity contribution in [2.75, 3.05) is 13.7 Å². The maximum atomic E-state index is 10.9. The second-order valence-electron chi connectivity index (χ2n) is 14.0. The third kappa shape index (κ3) is 3.73. The normalized spacial score (nSPS) is 44.4. The summed E-state index contributed by atoms with van der Waals surface area (Å²) in [7, 11) is 1.68. The molecule has 0 amide bonds. The van der Waals surface area contributed by atoms with Crippen LogP contribution in [0.1, 0.15) is 69.9 Å². The molecule has 5 aliphatic carbocycles. The molecule has 6 unspecified atom stereocenters. The molecule has 6 fully saturated rings. The molecule has 6 aliphatic rings. The van der Waals surface area contributed by atoms with Gasteiger partial charge in [-0.25, -0.2) is 9.87 Å². The van der Waals surface area contributed by atoms with Crippen molar-refractivity contribution in [3.05, 3.63) is 22.7 Å². The Labute approximate surface area is 238 Å². The lowest BCUT2D eigenvalue weighted by atomic mass is 9.47. The Kier molecular flexibility index (Phi) is 6.39. The zero-order valence-electron chi connectivity index (χ0n) is 23.6. The molecule has 2 aromatic rings. The van der Waals surface area contributed by atoms with Crippen LogP contribution >= 0.6 is 11.3 Å². The maximum Gasteiger partial charge on any atom is 0.260 e. The maximum absolute atomic E-state index is 10.9. The first-order valence-corrected chi connectivity index (χ1v) is 15.5. The van der Waals surface area contributed by atoms with Gasteiger partial charge >= 0.3 is 0 Å². The third-order valence-electron chi connectivity index (χ3n) is 10.5. The van der Waals surface area contributed by atoms with Crippen molar-refractivity contribution in [3.8, 4) is 5.75 Å².